The maximum atomic E-state index is 14.8. The third kappa shape index (κ3) is 4.19. The number of aromatic nitrogens is 2. The van der Waals surface area contributed by atoms with Crippen molar-refractivity contribution in [2.24, 2.45) is 0 Å². The maximum absolute atomic E-state index is 14.8. The number of rotatable bonds is 5. The minimum atomic E-state index is -3.99. The van der Waals surface area contributed by atoms with Gasteiger partial charge in [0.25, 0.3) is 0 Å². The van der Waals surface area contributed by atoms with Gasteiger partial charge in [0.1, 0.15) is 5.75 Å². The molecule has 0 bridgehead atoms. The van der Waals surface area contributed by atoms with Gasteiger partial charge in [-0.05, 0) is 31.2 Å². The van der Waals surface area contributed by atoms with E-state index < -0.39 is 31.5 Å². The van der Waals surface area contributed by atoms with Crippen LogP contribution in [0.5, 0.6) is 17.2 Å². The zero-order valence-corrected chi connectivity index (χ0v) is 16.1. The summed E-state index contributed by atoms with van der Waals surface area (Å²) in [6.45, 7) is 1.72. The van der Waals surface area contributed by atoms with Gasteiger partial charge in [-0.3, -0.25) is 0 Å². The van der Waals surface area contributed by atoms with Crippen LogP contribution < -0.4 is 8.92 Å². The average Bonchev–Trinajstić information content (AvgIpc) is 2.90. The lowest BCUT2D eigenvalue weighted by atomic mass is 10.2. The van der Waals surface area contributed by atoms with Crippen molar-refractivity contribution in [3.63, 3.8) is 0 Å². The predicted molar refractivity (Wildman–Crippen MR) is 95.9 cm³/mol. The Morgan fingerprint density at radius 3 is 2.37 bits per heavy atom. The molecule has 0 unspecified atom stereocenters. The summed E-state index contributed by atoms with van der Waals surface area (Å²) in [6.07, 6.45) is 2.93. The standard InChI is InChI=1S/C16H15FN2O6S2/c1-9-6-10-7-12(14(17)16(15(10)19-9)25-27(3,22)23)24-11-4-5-13(18-8-11)26(2,20)21/h4-8,19H,1-3H3. The Bertz CT molecular complexity index is 1230. The second-order valence-electron chi connectivity index (χ2n) is 5.93. The first-order chi connectivity index (χ1) is 12.4. The Balaban J connectivity index is 2.08. The fourth-order valence-electron chi connectivity index (χ4n) is 2.42. The molecule has 2 aromatic heterocycles. The summed E-state index contributed by atoms with van der Waals surface area (Å²) in [5.41, 5.74) is 0.840. The molecule has 3 aromatic rings. The Labute approximate surface area is 155 Å². The van der Waals surface area contributed by atoms with Crippen LogP contribution in [-0.4, -0.2) is 39.3 Å². The molecule has 0 saturated heterocycles. The van der Waals surface area contributed by atoms with Crippen molar-refractivity contribution in [1.82, 2.24) is 9.97 Å². The topological polar surface area (TPSA) is 115 Å². The third-order valence-electron chi connectivity index (χ3n) is 3.46. The number of nitrogens with zero attached hydrogens (tertiary/aromatic N) is 1. The van der Waals surface area contributed by atoms with E-state index in [9.17, 15) is 21.2 Å². The van der Waals surface area contributed by atoms with Crippen LogP contribution in [0.15, 0.2) is 35.5 Å². The van der Waals surface area contributed by atoms with Crippen LogP contribution >= 0.6 is 0 Å². The van der Waals surface area contributed by atoms with E-state index in [0.717, 1.165) is 18.7 Å². The molecule has 0 atom stereocenters. The SMILES string of the molecule is Cc1cc2cc(Oc3ccc(S(C)(=O)=O)nc3)c(F)c(OS(C)(=O)=O)c2[nH]1. The zero-order chi connectivity index (χ0) is 20.0. The highest BCUT2D eigenvalue weighted by molar-refractivity contribution is 7.90. The fraction of sp³-hybridized carbons (Fsp3) is 0.188. The van der Waals surface area contributed by atoms with Crippen molar-refractivity contribution in [1.29, 1.82) is 0 Å². The Morgan fingerprint density at radius 2 is 1.81 bits per heavy atom. The van der Waals surface area contributed by atoms with Crippen molar-refractivity contribution in [2.75, 3.05) is 12.5 Å². The van der Waals surface area contributed by atoms with Gasteiger partial charge in [-0.15, -0.1) is 0 Å². The van der Waals surface area contributed by atoms with Gasteiger partial charge >= 0.3 is 10.1 Å². The smallest absolute Gasteiger partial charge is 0.306 e. The molecule has 2 heterocycles. The minimum Gasteiger partial charge on any atom is -0.452 e. The molecule has 0 aliphatic heterocycles. The largest absolute Gasteiger partial charge is 0.452 e. The highest BCUT2D eigenvalue weighted by Gasteiger charge is 2.22. The number of sulfone groups is 1. The summed E-state index contributed by atoms with van der Waals surface area (Å²) < 4.78 is 70.9. The summed E-state index contributed by atoms with van der Waals surface area (Å²) in [5, 5.41) is 0.316. The molecule has 8 nitrogen and oxygen atoms in total. The van der Waals surface area contributed by atoms with Crippen LogP contribution in [0.25, 0.3) is 10.9 Å². The zero-order valence-electron chi connectivity index (χ0n) is 14.5. The molecule has 1 aromatic carbocycles. The van der Waals surface area contributed by atoms with Gasteiger partial charge in [0.2, 0.25) is 11.6 Å². The second kappa shape index (κ2) is 6.50. The highest BCUT2D eigenvalue weighted by atomic mass is 32.2. The lowest BCUT2D eigenvalue weighted by Gasteiger charge is -2.11. The van der Waals surface area contributed by atoms with Crippen LogP contribution in [0, 0.1) is 12.7 Å². The second-order valence-corrected chi connectivity index (χ2v) is 9.47. The molecule has 0 aliphatic rings. The van der Waals surface area contributed by atoms with Crippen molar-refractivity contribution < 1.29 is 30.1 Å². The van der Waals surface area contributed by atoms with Crippen molar-refractivity contribution in [2.45, 2.75) is 11.9 Å². The van der Waals surface area contributed by atoms with Crippen molar-refractivity contribution in [3.8, 4) is 17.2 Å². The molecule has 0 fully saturated rings. The summed E-state index contributed by atoms with van der Waals surface area (Å²) in [4.78, 5) is 6.60. The number of aryl methyl sites for hydroxylation is 1. The van der Waals surface area contributed by atoms with Crippen LogP contribution in [0.1, 0.15) is 5.69 Å². The quantitative estimate of drug-likeness (QED) is 0.638. The molecule has 0 spiro atoms. The van der Waals surface area contributed by atoms with E-state index in [2.05, 4.69) is 9.97 Å². The molecule has 11 heteroatoms. The van der Waals surface area contributed by atoms with Crippen LogP contribution in [-0.2, 0) is 20.0 Å². The molecule has 0 aliphatic carbocycles. The van der Waals surface area contributed by atoms with E-state index in [1.807, 2.05) is 0 Å². The number of pyridine rings is 1. The number of H-pyrrole nitrogens is 1. The van der Waals surface area contributed by atoms with E-state index in [4.69, 9.17) is 8.92 Å². The first-order valence-electron chi connectivity index (χ1n) is 7.49. The maximum Gasteiger partial charge on any atom is 0.306 e. The summed E-state index contributed by atoms with van der Waals surface area (Å²) >= 11 is 0. The first-order valence-corrected chi connectivity index (χ1v) is 11.2. The Hall–Kier alpha value is -2.66. The number of fused-ring (bicyclic) bond motifs is 1. The van der Waals surface area contributed by atoms with Gasteiger partial charge in [-0.1, -0.05) is 0 Å². The number of benzene rings is 1. The molecule has 144 valence electrons. The Morgan fingerprint density at radius 1 is 1.11 bits per heavy atom. The van der Waals surface area contributed by atoms with E-state index in [1.165, 1.54) is 18.2 Å². The molecular formula is C16H15FN2O6S2. The molecule has 0 radical (unpaired) electrons. The number of nitrogens with one attached hydrogen (secondary N) is 1. The molecule has 27 heavy (non-hydrogen) atoms. The molecule has 3 rings (SSSR count). The van der Waals surface area contributed by atoms with E-state index in [0.29, 0.717) is 11.1 Å². The number of halogens is 1. The van der Waals surface area contributed by atoms with E-state index in [1.54, 1.807) is 13.0 Å². The van der Waals surface area contributed by atoms with Crippen LogP contribution in [0.2, 0.25) is 0 Å². The first kappa shape index (κ1) is 19.1. The van der Waals surface area contributed by atoms with E-state index in [-0.39, 0.29) is 22.0 Å². The van der Waals surface area contributed by atoms with Gasteiger partial charge < -0.3 is 13.9 Å². The van der Waals surface area contributed by atoms with Crippen molar-refractivity contribution in [3.05, 3.63) is 42.0 Å². The third-order valence-corrected chi connectivity index (χ3v) is 4.93. The van der Waals surface area contributed by atoms with Crippen LogP contribution in [0.4, 0.5) is 4.39 Å². The summed E-state index contributed by atoms with van der Waals surface area (Å²) in [5.74, 6) is -1.77. The van der Waals surface area contributed by atoms with Gasteiger partial charge in [-0.2, -0.15) is 12.8 Å². The number of hydrogen-bond acceptors (Lipinski definition) is 7. The number of ether oxygens (including phenoxy) is 1. The van der Waals surface area contributed by atoms with E-state index >= 15 is 0 Å². The van der Waals surface area contributed by atoms with Gasteiger partial charge in [0, 0.05) is 17.3 Å². The van der Waals surface area contributed by atoms with Crippen molar-refractivity contribution >= 4 is 30.9 Å². The lowest BCUT2D eigenvalue weighted by Crippen LogP contribution is -2.08. The van der Waals surface area contributed by atoms with Gasteiger partial charge in [0.05, 0.1) is 18.0 Å². The normalized spacial score (nSPS) is 12.3. The molecule has 1 N–H and O–H groups in total. The van der Waals surface area contributed by atoms with Gasteiger partial charge in [0.15, 0.2) is 20.6 Å². The fourth-order valence-corrected chi connectivity index (χ4v) is 3.43. The predicted octanol–water partition coefficient (Wildman–Crippen LogP) is 2.54. The highest BCUT2D eigenvalue weighted by Crippen LogP contribution is 2.38. The van der Waals surface area contributed by atoms with Gasteiger partial charge in [-0.25, -0.2) is 13.4 Å². The monoisotopic (exact) mass is 414 g/mol. The molecule has 0 saturated carbocycles. The number of hydrogen-bond donors (Lipinski definition) is 1. The summed E-state index contributed by atoms with van der Waals surface area (Å²) in [6, 6.07) is 5.57. The molecular weight excluding hydrogens is 399 g/mol. The van der Waals surface area contributed by atoms with Crippen LogP contribution in [0.3, 0.4) is 0 Å². The Kier molecular flexibility index (Phi) is 4.60. The summed E-state index contributed by atoms with van der Waals surface area (Å²) in [7, 11) is -7.47. The molecule has 0 amide bonds. The average molecular weight is 414 g/mol. The lowest BCUT2D eigenvalue weighted by molar-refractivity contribution is 0.419. The minimum absolute atomic E-state index is 0.0678. The number of aromatic amines is 1.